The summed E-state index contributed by atoms with van der Waals surface area (Å²) < 4.78 is 5.63. The number of hydrogen-bond donors (Lipinski definition) is 2. The minimum atomic E-state index is -0.182. The molecule has 0 amide bonds. The summed E-state index contributed by atoms with van der Waals surface area (Å²) in [7, 11) is 0. The molecule has 0 aliphatic heterocycles. The standard InChI is InChI=1S/C11H23NO2/c1-4-12-11(7-13,10-5-6-10)8-14-9(2)3/h9-10,12-13H,4-8H2,1-3H3. The highest BCUT2D eigenvalue weighted by Gasteiger charge is 2.44. The van der Waals surface area contributed by atoms with Gasteiger partial charge in [-0.3, -0.25) is 0 Å². The summed E-state index contributed by atoms with van der Waals surface area (Å²) in [6.45, 7) is 7.82. The maximum absolute atomic E-state index is 9.49. The van der Waals surface area contributed by atoms with E-state index in [1.807, 2.05) is 13.8 Å². The molecule has 3 heteroatoms. The van der Waals surface area contributed by atoms with Gasteiger partial charge in [0.25, 0.3) is 0 Å². The smallest absolute Gasteiger partial charge is 0.0679 e. The van der Waals surface area contributed by atoms with Crippen LogP contribution in [0.2, 0.25) is 0 Å². The van der Waals surface area contributed by atoms with Gasteiger partial charge in [0.05, 0.1) is 24.9 Å². The minimum absolute atomic E-state index is 0.179. The van der Waals surface area contributed by atoms with Gasteiger partial charge in [-0.25, -0.2) is 0 Å². The third kappa shape index (κ3) is 2.94. The summed E-state index contributed by atoms with van der Waals surface area (Å²) in [6, 6.07) is 0. The number of aliphatic hydroxyl groups is 1. The molecule has 1 fully saturated rings. The van der Waals surface area contributed by atoms with Crippen LogP contribution in [0.4, 0.5) is 0 Å². The highest BCUT2D eigenvalue weighted by molar-refractivity contribution is 5.00. The van der Waals surface area contributed by atoms with Crippen molar-refractivity contribution in [2.24, 2.45) is 5.92 Å². The van der Waals surface area contributed by atoms with Gasteiger partial charge in [0.15, 0.2) is 0 Å². The van der Waals surface area contributed by atoms with Gasteiger partial charge in [-0.05, 0) is 39.2 Å². The molecular formula is C11H23NO2. The van der Waals surface area contributed by atoms with Crippen LogP contribution >= 0.6 is 0 Å². The van der Waals surface area contributed by atoms with E-state index < -0.39 is 0 Å². The minimum Gasteiger partial charge on any atom is -0.394 e. The molecule has 0 spiro atoms. The van der Waals surface area contributed by atoms with E-state index in [0.717, 1.165) is 6.54 Å². The van der Waals surface area contributed by atoms with Gasteiger partial charge in [0, 0.05) is 0 Å². The molecule has 0 saturated heterocycles. The van der Waals surface area contributed by atoms with E-state index in [1.165, 1.54) is 12.8 Å². The Bertz CT molecular complexity index is 169. The van der Waals surface area contributed by atoms with Gasteiger partial charge >= 0.3 is 0 Å². The molecule has 84 valence electrons. The maximum Gasteiger partial charge on any atom is 0.0679 e. The largest absolute Gasteiger partial charge is 0.394 e. The second kappa shape index (κ2) is 5.10. The lowest BCUT2D eigenvalue weighted by Crippen LogP contribution is -2.54. The highest BCUT2D eigenvalue weighted by atomic mass is 16.5. The third-order valence-corrected chi connectivity index (χ3v) is 2.84. The van der Waals surface area contributed by atoms with Gasteiger partial charge in [-0.1, -0.05) is 6.92 Å². The second-order valence-electron chi connectivity index (χ2n) is 4.48. The monoisotopic (exact) mass is 201 g/mol. The van der Waals surface area contributed by atoms with Crippen molar-refractivity contribution >= 4 is 0 Å². The van der Waals surface area contributed by atoms with E-state index in [-0.39, 0.29) is 18.2 Å². The summed E-state index contributed by atoms with van der Waals surface area (Å²) in [5.74, 6) is 0.603. The molecule has 1 rings (SSSR count). The summed E-state index contributed by atoms with van der Waals surface area (Å²) in [5, 5.41) is 12.9. The summed E-state index contributed by atoms with van der Waals surface area (Å²) in [4.78, 5) is 0. The molecular weight excluding hydrogens is 178 g/mol. The van der Waals surface area contributed by atoms with Gasteiger partial charge in [-0.2, -0.15) is 0 Å². The Morgan fingerprint density at radius 1 is 1.50 bits per heavy atom. The van der Waals surface area contributed by atoms with Crippen molar-refractivity contribution in [2.45, 2.75) is 45.3 Å². The lowest BCUT2D eigenvalue weighted by molar-refractivity contribution is -0.00368. The van der Waals surface area contributed by atoms with Crippen LogP contribution in [0.3, 0.4) is 0 Å². The van der Waals surface area contributed by atoms with Crippen LogP contribution in [0.1, 0.15) is 33.6 Å². The SMILES string of the molecule is CCNC(CO)(COC(C)C)C1CC1. The molecule has 0 bridgehead atoms. The van der Waals surface area contributed by atoms with Crippen molar-refractivity contribution in [1.82, 2.24) is 5.32 Å². The molecule has 1 atom stereocenters. The zero-order valence-corrected chi connectivity index (χ0v) is 9.55. The number of nitrogens with one attached hydrogen (secondary N) is 1. The van der Waals surface area contributed by atoms with Gasteiger partial charge < -0.3 is 15.2 Å². The Morgan fingerprint density at radius 2 is 2.14 bits per heavy atom. The van der Waals surface area contributed by atoms with Crippen molar-refractivity contribution in [2.75, 3.05) is 19.8 Å². The first-order valence-corrected chi connectivity index (χ1v) is 5.62. The van der Waals surface area contributed by atoms with Crippen LogP contribution in [0.5, 0.6) is 0 Å². The van der Waals surface area contributed by atoms with Crippen LogP contribution < -0.4 is 5.32 Å². The number of likely N-dealkylation sites (N-methyl/N-ethyl adjacent to an activating group) is 1. The topological polar surface area (TPSA) is 41.5 Å². The Balaban J connectivity index is 2.49. The Kier molecular flexibility index (Phi) is 4.35. The van der Waals surface area contributed by atoms with Crippen LogP contribution in [0.25, 0.3) is 0 Å². The molecule has 0 radical (unpaired) electrons. The van der Waals surface area contributed by atoms with Gasteiger partial charge in [0.2, 0.25) is 0 Å². The Morgan fingerprint density at radius 3 is 2.50 bits per heavy atom. The number of rotatable bonds is 7. The molecule has 0 aromatic heterocycles. The first kappa shape index (κ1) is 12.0. The fraction of sp³-hybridized carbons (Fsp3) is 1.00. The van der Waals surface area contributed by atoms with Crippen LogP contribution in [0, 0.1) is 5.92 Å². The normalized spacial score (nSPS) is 21.2. The quantitative estimate of drug-likeness (QED) is 0.649. The van der Waals surface area contributed by atoms with Crippen molar-refractivity contribution in [3.63, 3.8) is 0 Å². The average molecular weight is 201 g/mol. The molecule has 1 unspecified atom stereocenters. The van der Waals surface area contributed by atoms with Crippen molar-refractivity contribution in [3.05, 3.63) is 0 Å². The van der Waals surface area contributed by atoms with Crippen LogP contribution in [-0.4, -0.2) is 36.5 Å². The molecule has 0 aromatic rings. The molecule has 2 N–H and O–H groups in total. The van der Waals surface area contributed by atoms with Crippen molar-refractivity contribution in [1.29, 1.82) is 0 Å². The highest BCUT2D eigenvalue weighted by Crippen LogP contribution is 2.39. The number of ether oxygens (including phenoxy) is 1. The van der Waals surface area contributed by atoms with Crippen LogP contribution in [-0.2, 0) is 4.74 Å². The van der Waals surface area contributed by atoms with Gasteiger partial charge in [-0.15, -0.1) is 0 Å². The van der Waals surface area contributed by atoms with Crippen LogP contribution in [0.15, 0.2) is 0 Å². The Labute approximate surface area is 86.8 Å². The lowest BCUT2D eigenvalue weighted by atomic mass is 9.95. The molecule has 0 heterocycles. The van der Waals surface area contributed by atoms with E-state index >= 15 is 0 Å². The lowest BCUT2D eigenvalue weighted by Gasteiger charge is -2.33. The summed E-state index contributed by atoms with van der Waals surface area (Å²) in [5.41, 5.74) is -0.182. The van der Waals surface area contributed by atoms with Crippen molar-refractivity contribution < 1.29 is 9.84 Å². The number of aliphatic hydroxyl groups excluding tert-OH is 1. The second-order valence-corrected chi connectivity index (χ2v) is 4.48. The third-order valence-electron chi connectivity index (χ3n) is 2.84. The predicted octanol–water partition coefficient (Wildman–Crippen LogP) is 1.16. The zero-order valence-electron chi connectivity index (χ0n) is 9.55. The first-order valence-electron chi connectivity index (χ1n) is 5.62. The molecule has 1 saturated carbocycles. The average Bonchev–Trinajstić information content (AvgIpc) is 2.95. The molecule has 3 nitrogen and oxygen atoms in total. The van der Waals surface area contributed by atoms with E-state index in [1.54, 1.807) is 0 Å². The fourth-order valence-electron chi connectivity index (χ4n) is 1.85. The summed E-state index contributed by atoms with van der Waals surface area (Å²) >= 11 is 0. The molecule has 14 heavy (non-hydrogen) atoms. The first-order chi connectivity index (χ1) is 6.64. The van der Waals surface area contributed by atoms with E-state index in [0.29, 0.717) is 12.5 Å². The molecule has 0 aromatic carbocycles. The predicted molar refractivity (Wildman–Crippen MR) is 57.3 cm³/mol. The van der Waals surface area contributed by atoms with E-state index in [2.05, 4.69) is 12.2 Å². The fourth-order valence-corrected chi connectivity index (χ4v) is 1.85. The molecule has 1 aliphatic carbocycles. The Hall–Kier alpha value is -0.120. The van der Waals surface area contributed by atoms with Gasteiger partial charge in [0.1, 0.15) is 0 Å². The van der Waals surface area contributed by atoms with E-state index in [4.69, 9.17) is 4.74 Å². The molecule has 1 aliphatic rings. The van der Waals surface area contributed by atoms with E-state index in [9.17, 15) is 5.11 Å². The van der Waals surface area contributed by atoms with Crippen molar-refractivity contribution in [3.8, 4) is 0 Å². The number of hydrogen-bond acceptors (Lipinski definition) is 3. The summed E-state index contributed by atoms with van der Waals surface area (Å²) in [6.07, 6.45) is 2.67. The zero-order chi connectivity index (χ0) is 10.6. The maximum atomic E-state index is 9.49.